The molecule has 1 N–H and O–H groups in total. The lowest BCUT2D eigenvalue weighted by atomic mass is 10.0. The number of carboxylic acid groups (broad SMARTS) is 1. The molecule has 0 amide bonds. The van der Waals surface area contributed by atoms with E-state index in [1.807, 2.05) is 0 Å². The van der Waals surface area contributed by atoms with E-state index < -0.39 is 5.97 Å². The average Bonchev–Trinajstić information content (AvgIpc) is 2.93. The van der Waals surface area contributed by atoms with Crippen molar-refractivity contribution in [3.8, 4) is 0 Å². The minimum atomic E-state index is -0.720. The first-order valence-corrected chi connectivity index (χ1v) is 16.6. The summed E-state index contributed by atoms with van der Waals surface area (Å²) in [6, 6.07) is 0. The lowest BCUT2D eigenvalue weighted by Crippen LogP contribution is -2.18. The molecule has 0 saturated carbocycles. The number of aliphatic carboxylic acids is 1. The summed E-state index contributed by atoms with van der Waals surface area (Å²) < 4.78 is 5.85. The van der Waals surface area contributed by atoms with Crippen molar-refractivity contribution in [1.82, 2.24) is 0 Å². The van der Waals surface area contributed by atoms with E-state index in [0.29, 0.717) is 6.42 Å². The molecule has 0 aromatic heterocycles. The zero-order chi connectivity index (χ0) is 29.4. The van der Waals surface area contributed by atoms with Gasteiger partial charge >= 0.3 is 11.9 Å². The van der Waals surface area contributed by atoms with Crippen LogP contribution in [0.3, 0.4) is 0 Å². The first kappa shape index (κ1) is 37.9. The highest BCUT2D eigenvalue weighted by atomic mass is 16.5. The van der Waals surface area contributed by atoms with Crippen LogP contribution in [-0.2, 0) is 14.3 Å². The Balaban J connectivity index is 3.89. The van der Waals surface area contributed by atoms with Crippen LogP contribution in [-0.4, -0.2) is 23.1 Å². The number of carbonyl (C=O) groups excluding carboxylic acids is 1. The highest BCUT2D eigenvalue weighted by Crippen LogP contribution is 2.17. The van der Waals surface area contributed by atoms with Crippen LogP contribution in [0.25, 0.3) is 0 Å². The standard InChI is InChI=1S/C36H62O4/c1-3-5-7-9-10-11-12-13-14-15-16-17-18-19-20-21-22-23-29-33-36(39)40-34(30-26-8-6-4-2)31-27-24-25-28-32-35(37)38/h10-11,13-14,16-17,19-20,34H,3-9,12,15,18,21-33H2,1-2H3,(H,37,38)/b11-10-,14-13-,17-16-,20-19-. The summed E-state index contributed by atoms with van der Waals surface area (Å²) in [4.78, 5) is 23.1. The molecular formula is C36H62O4. The molecule has 0 spiro atoms. The molecule has 0 aliphatic heterocycles. The number of hydrogen-bond donors (Lipinski definition) is 1. The van der Waals surface area contributed by atoms with Gasteiger partial charge in [0.25, 0.3) is 0 Å². The molecule has 0 radical (unpaired) electrons. The van der Waals surface area contributed by atoms with E-state index in [9.17, 15) is 9.59 Å². The number of ether oxygens (including phenoxy) is 1. The van der Waals surface area contributed by atoms with Crippen LogP contribution in [0.5, 0.6) is 0 Å². The highest BCUT2D eigenvalue weighted by molar-refractivity contribution is 5.69. The smallest absolute Gasteiger partial charge is 0.306 e. The third kappa shape index (κ3) is 30.4. The van der Waals surface area contributed by atoms with Gasteiger partial charge in [0.1, 0.15) is 6.10 Å². The molecule has 1 unspecified atom stereocenters. The zero-order valence-corrected chi connectivity index (χ0v) is 26.1. The van der Waals surface area contributed by atoms with Crippen LogP contribution in [0.15, 0.2) is 48.6 Å². The van der Waals surface area contributed by atoms with Crippen LogP contribution < -0.4 is 0 Å². The van der Waals surface area contributed by atoms with Gasteiger partial charge < -0.3 is 9.84 Å². The van der Waals surface area contributed by atoms with Gasteiger partial charge in [0, 0.05) is 12.8 Å². The number of esters is 1. The third-order valence-electron chi connectivity index (χ3n) is 7.05. The molecule has 1 atom stereocenters. The average molecular weight is 559 g/mol. The summed E-state index contributed by atoms with van der Waals surface area (Å²) >= 11 is 0. The quantitative estimate of drug-likeness (QED) is 0.0563. The molecule has 0 bridgehead atoms. The second-order valence-corrected chi connectivity index (χ2v) is 11.0. The van der Waals surface area contributed by atoms with Crippen molar-refractivity contribution in [2.45, 2.75) is 168 Å². The number of carboxylic acids is 1. The van der Waals surface area contributed by atoms with Crippen molar-refractivity contribution in [1.29, 1.82) is 0 Å². The van der Waals surface area contributed by atoms with E-state index in [1.165, 1.54) is 44.9 Å². The van der Waals surface area contributed by atoms with Crippen LogP contribution in [0.1, 0.15) is 162 Å². The summed E-state index contributed by atoms with van der Waals surface area (Å²) in [6.45, 7) is 4.45. The summed E-state index contributed by atoms with van der Waals surface area (Å²) in [5.41, 5.74) is 0. The monoisotopic (exact) mass is 558 g/mol. The van der Waals surface area contributed by atoms with E-state index in [1.54, 1.807) is 0 Å². The number of rotatable bonds is 29. The molecule has 0 aromatic rings. The van der Waals surface area contributed by atoms with Crippen LogP contribution in [0.2, 0.25) is 0 Å². The Hall–Kier alpha value is -2.10. The zero-order valence-electron chi connectivity index (χ0n) is 26.1. The number of unbranched alkanes of at least 4 members (excludes halogenated alkanes) is 12. The van der Waals surface area contributed by atoms with Crippen LogP contribution in [0.4, 0.5) is 0 Å². The van der Waals surface area contributed by atoms with Gasteiger partial charge in [0.05, 0.1) is 0 Å². The highest BCUT2D eigenvalue weighted by Gasteiger charge is 2.14. The second kappa shape index (κ2) is 31.4. The Labute approximate surface area is 247 Å². The fourth-order valence-electron chi connectivity index (χ4n) is 4.58. The van der Waals surface area contributed by atoms with Crippen molar-refractivity contribution in [3.05, 3.63) is 48.6 Å². The normalized spacial score (nSPS) is 12.8. The van der Waals surface area contributed by atoms with E-state index in [2.05, 4.69) is 62.5 Å². The predicted octanol–water partition coefficient (Wildman–Crippen LogP) is 11.2. The van der Waals surface area contributed by atoms with Gasteiger partial charge in [-0.25, -0.2) is 0 Å². The molecule has 4 nitrogen and oxygen atoms in total. The van der Waals surface area contributed by atoms with E-state index >= 15 is 0 Å². The Morgan fingerprint density at radius 1 is 0.550 bits per heavy atom. The lowest BCUT2D eigenvalue weighted by Gasteiger charge is -2.18. The summed E-state index contributed by atoms with van der Waals surface area (Å²) in [7, 11) is 0. The number of carbonyl (C=O) groups is 2. The Morgan fingerprint density at radius 2 is 0.975 bits per heavy atom. The molecule has 0 saturated heterocycles. The summed E-state index contributed by atoms with van der Waals surface area (Å²) in [5, 5.41) is 8.76. The molecule has 0 heterocycles. The predicted molar refractivity (Wildman–Crippen MR) is 172 cm³/mol. The maximum absolute atomic E-state index is 12.4. The SMILES string of the molecule is CCCCC/C=C\C/C=C\C/C=C\C/C=C\CCCCCC(=O)OC(CCCCCC)CCCCCCC(=O)O. The molecule has 0 aliphatic carbocycles. The minimum Gasteiger partial charge on any atom is -0.481 e. The van der Waals surface area contributed by atoms with Gasteiger partial charge in [-0.2, -0.15) is 0 Å². The molecule has 0 rings (SSSR count). The molecular weight excluding hydrogens is 496 g/mol. The third-order valence-corrected chi connectivity index (χ3v) is 7.05. The molecule has 0 aliphatic rings. The maximum Gasteiger partial charge on any atom is 0.306 e. The van der Waals surface area contributed by atoms with Crippen molar-refractivity contribution in [2.24, 2.45) is 0 Å². The van der Waals surface area contributed by atoms with E-state index in [4.69, 9.17) is 9.84 Å². The largest absolute Gasteiger partial charge is 0.481 e. The van der Waals surface area contributed by atoms with Gasteiger partial charge in [0.15, 0.2) is 0 Å². The van der Waals surface area contributed by atoms with Crippen LogP contribution in [0, 0.1) is 0 Å². The van der Waals surface area contributed by atoms with Gasteiger partial charge in [-0.05, 0) is 83.5 Å². The first-order valence-electron chi connectivity index (χ1n) is 16.6. The van der Waals surface area contributed by atoms with Gasteiger partial charge in [-0.15, -0.1) is 0 Å². The first-order chi connectivity index (χ1) is 19.6. The van der Waals surface area contributed by atoms with E-state index in [0.717, 1.165) is 89.9 Å². The minimum absolute atomic E-state index is 0.0208. The van der Waals surface area contributed by atoms with Crippen molar-refractivity contribution in [2.75, 3.05) is 0 Å². The summed E-state index contributed by atoms with van der Waals surface area (Å²) in [5.74, 6) is -0.772. The van der Waals surface area contributed by atoms with Gasteiger partial charge in [-0.1, -0.05) is 114 Å². The van der Waals surface area contributed by atoms with Crippen molar-refractivity contribution >= 4 is 11.9 Å². The van der Waals surface area contributed by atoms with E-state index in [-0.39, 0.29) is 18.5 Å². The molecule has 40 heavy (non-hydrogen) atoms. The number of allylic oxidation sites excluding steroid dienone is 8. The Morgan fingerprint density at radius 3 is 1.52 bits per heavy atom. The molecule has 4 heteroatoms. The van der Waals surface area contributed by atoms with Crippen molar-refractivity contribution in [3.63, 3.8) is 0 Å². The summed E-state index contributed by atoms with van der Waals surface area (Å²) in [6.07, 6.45) is 41.3. The maximum atomic E-state index is 12.4. The molecule has 0 fully saturated rings. The van der Waals surface area contributed by atoms with Gasteiger partial charge in [-0.3, -0.25) is 9.59 Å². The Bertz CT molecular complexity index is 689. The fraction of sp³-hybridized carbons (Fsp3) is 0.722. The second-order valence-electron chi connectivity index (χ2n) is 11.0. The van der Waals surface area contributed by atoms with Crippen LogP contribution >= 0.6 is 0 Å². The number of hydrogen-bond acceptors (Lipinski definition) is 3. The van der Waals surface area contributed by atoms with Crippen molar-refractivity contribution < 1.29 is 19.4 Å². The topological polar surface area (TPSA) is 63.6 Å². The lowest BCUT2D eigenvalue weighted by molar-refractivity contribution is -0.150. The Kier molecular flexibility index (Phi) is 29.8. The van der Waals surface area contributed by atoms with Gasteiger partial charge in [0.2, 0.25) is 0 Å². The molecule has 230 valence electrons. The fourth-order valence-corrected chi connectivity index (χ4v) is 4.58. The molecule has 0 aromatic carbocycles.